The van der Waals surface area contributed by atoms with Crippen LogP contribution in [0.5, 0.6) is 0 Å². The highest BCUT2D eigenvalue weighted by Gasteiger charge is 2.37. The second kappa shape index (κ2) is 7.79. The number of rotatable bonds is 2. The van der Waals surface area contributed by atoms with Crippen LogP contribution in [0.2, 0.25) is 0 Å². The van der Waals surface area contributed by atoms with Crippen molar-refractivity contribution in [3.05, 3.63) is 0 Å². The van der Waals surface area contributed by atoms with E-state index in [-0.39, 0.29) is 0 Å². The van der Waals surface area contributed by atoms with Crippen molar-refractivity contribution < 1.29 is 0 Å². The molecule has 0 aromatic heterocycles. The average Bonchev–Trinajstić information content (AvgIpc) is 2.46. The van der Waals surface area contributed by atoms with Crippen molar-refractivity contribution in [2.75, 3.05) is 6.54 Å². The zero-order valence-electron chi connectivity index (χ0n) is 14.0. The van der Waals surface area contributed by atoms with Crippen LogP contribution in [0.4, 0.5) is 0 Å². The molecule has 20 heavy (non-hydrogen) atoms. The Morgan fingerprint density at radius 2 is 1.45 bits per heavy atom. The van der Waals surface area contributed by atoms with Crippen LogP contribution in [-0.4, -0.2) is 12.6 Å². The number of nitrogens with one attached hydrogen (secondary N) is 2. The van der Waals surface area contributed by atoms with Crippen LogP contribution >= 0.6 is 0 Å². The van der Waals surface area contributed by atoms with E-state index in [2.05, 4.69) is 31.6 Å². The SMILES string of the molecule is CC(C)C1CC(C2(C)CCCCCCCCC2)CNN1. The van der Waals surface area contributed by atoms with E-state index >= 15 is 0 Å². The quantitative estimate of drug-likeness (QED) is 0.769. The monoisotopic (exact) mass is 280 g/mol. The third-order valence-corrected chi connectivity index (χ3v) is 5.96. The van der Waals surface area contributed by atoms with Crippen molar-refractivity contribution in [1.29, 1.82) is 0 Å². The molecule has 1 saturated carbocycles. The summed E-state index contributed by atoms with van der Waals surface area (Å²) in [6, 6.07) is 0.654. The normalized spacial score (nSPS) is 33.0. The van der Waals surface area contributed by atoms with Crippen LogP contribution in [0.25, 0.3) is 0 Å². The molecule has 2 fully saturated rings. The molecule has 1 aliphatic heterocycles. The molecular formula is C18H36N2. The van der Waals surface area contributed by atoms with Gasteiger partial charge in [-0.2, -0.15) is 0 Å². The first-order chi connectivity index (χ1) is 9.62. The van der Waals surface area contributed by atoms with Crippen molar-refractivity contribution in [3.8, 4) is 0 Å². The molecular weight excluding hydrogens is 244 g/mol. The van der Waals surface area contributed by atoms with Gasteiger partial charge in [0.25, 0.3) is 0 Å². The van der Waals surface area contributed by atoms with Crippen LogP contribution in [-0.2, 0) is 0 Å². The Morgan fingerprint density at radius 3 is 2.00 bits per heavy atom. The van der Waals surface area contributed by atoms with Gasteiger partial charge in [-0.25, -0.2) is 0 Å². The molecule has 2 rings (SSSR count). The lowest BCUT2D eigenvalue weighted by Gasteiger charge is -2.44. The maximum atomic E-state index is 3.51. The molecule has 1 aliphatic carbocycles. The molecule has 2 aliphatic rings. The minimum absolute atomic E-state index is 0.569. The number of hydrogen-bond donors (Lipinski definition) is 2. The molecule has 1 saturated heterocycles. The van der Waals surface area contributed by atoms with Gasteiger partial charge in [0.2, 0.25) is 0 Å². The Morgan fingerprint density at radius 1 is 0.900 bits per heavy atom. The zero-order chi connectivity index (χ0) is 14.4. The molecule has 2 nitrogen and oxygen atoms in total. The minimum atomic E-state index is 0.569. The van der Waals surface area contributed by atoms with E-state index in [0.29, 0.717) is 11.5 Å². The van der Waals surface area contributed by atoms with Gasteiger partial charge in [0, 0.05) is 12.6 Å². The van der Waals surface area contributed by atoms with Crippen LogP contribution in [0.15, 0.2) is 0 Å². The number of hydrogen-bond acceptors (Lipinski definition) is 2. The van der Waals surface area contributed by atoms with E-state index in [1.165, 1.54) is 70.8 Å². The topological polar surface area (TPSA) is 24.1 Å². The third-order valence-electron chi connectivity index (χ3n) is 5.96. The van der Waals surface area contributed by atoms with Crippen molar-refractivity contribution >= 4 is 0 Å². The van der Waals surface area contributed by atoms with E-state index in [1.807, 2.05) is 0 Å². The first-order valence-corrected chi connectivity index (χ1v) is 9.10. The minimum Gasteiger partial charge on any atom is -0.257 e. The Labute approximate surface area is 126 Å². The Bertz CT molecular complexity index is 265. The van der Waals surface area contributed by atoms with Gasteiger partial charge >= 0.3 is 0 Å². The summed E-state index contributed by atoms with van der Waals surface area (Å²) in [7, 11) is 0. The second-order valence-corrected chi connectivity index (χ2v) is 7.94. The first-order valence-electron chi connectivity index (χ1n) is 9.10. The van der Waals surface area contributed by atoms with Crippen LogP contribution in [0.1, 0.15) is 85.0 Å². The van der Waals surface area contributed by atoms with Crippen LogP contribution in [0.3, 0.4) is 0 Å². The predicted octanol–water partition coefficient (Wildman–Crippen LogP) is 4.66. The summed E-state index contributed by atoms with van der Waals surface area (Å²) < 4.78 is 0. The van der Waals surface area contributed by atoms with E-state index in [0.717, 1.165) is 11.8 Å². The van der Waals surface area contributed by atoms with E-state index < -0.39 is 0 Å². The standard InChI is InChI=1S/C18H36N2/c1-15(2)17-13-16(14-19-20-17)18(3)11-9-7-5-4-6-8-10-12-18/h15-17,19-20H,4-14H2,1-3H3. The summed E-state index contributed by atoms with van der Waals surface area (Å²) >= 11 is 0. The molecule has 2 N–H and O–H groups in total. The van der Waals surface area contributed by atoms with Gasteiger partial charge in [-0.1, -0.05) is 65.7 Å². The van der Waals surface area contributed by atoms with E-state index in [9.17, 15) is 0 Å². The summed E-state index contributed by atoms with van der Waals surface area (Å²) in [5.74, 6) is 1.59. The summed E-state index contributed by atoms with van der Waals surface area (Å²) in [5.41, 5.74) is 7.58. The fourth-order valence-electron chi connectivity index (χ4n) is 4.21. The second-order valence-electron chi connectivity index (χ2n) is 7.94. The summed E-state index contributed by atoms with van der Waals surface area (Å²) in [6.07, 6.45) is 14.5. The van der Waals surface area contributed by atoms with Crippen molar-refractivity contribution in [1.82, 2.24) is 10.9 Å². The van der Waals surface area contributed by atoms with Gasteiger partial charge in [-0.15, -0.1) is 0 Å². The molecule has 0 aromatic rings. The molecule has 118 valence electrons. The molecule has 0 amide bonds. The molecule has 0 spiro atoms. The first kappa shape index (κ1) is 16.3. The predicted molar refractivity (Wildman–Crippen MR) is 87.5 cm³/mol. The van der Waals surface area contributed by atoms with Gasteiger partial charge in [0.1, 0.15) is 0 Å². The number of hydrazine groups is 1. The highest BCUT2D eigenvalue weighted by molar-refractivity contribution is 4.90. The average molecular weight is 280 g/mol. The van der Waals surface area contributed by atoms with Gasteiger partial charge in [0.05, 0.1) is 0 Å². The molecule has 2 heteroatoms. The molecule has 1 heterocycles. The smallest absolute Gasteiger partial charge is 0.0239 e. The Hall–Kier alpha value is -0.0800. The summed E-state index contributed by atoms with van der Waals surface area (Å²) in [6.45, 7) is 8.44. The van der Waals surface area contributed by atoms with E-state index in [1.54, 1.807) is 0 Å². The highest BCUT2D eigenvalue weighted by Crippen LogP contribution is 2.42. The van der Waals surface area contributed by atoms with E-state index in [4.69, 9.17) is 0 Å². The van der Waals surface area contributed by atoms with Gasteiger partial charge in [0.15, 0.2) is 0 Å². The van der Waals surface area contributed by atoms with Crippen molar-refractivity contribution in [2.45, 2.75) is 91.0 Å². The highest BCUT2D eigenvalue weighted by atomic mass is 15.4. The summed E-state index contributed by atoms with van der Waals surface area (Å²) in [4.78, 5) is 0. The largest absolute Gasteiger partial charge is 0.257 e. The van der Waals surface area contributed by atoms with Gasteiger partial charge < -0.3 is 0 Å². The van der Waals surface area contributed by atoms with Crippen LogP contribution in [0, 0.1) is 17.3 Å². The maximum Gasteiger partial charge on any atom is 0.0239 e. The fraction of sp³-hybridized carbons (Fsp3) is 1.00. The van der Waals surface area contributed by atoms with Crippen LogP contribution < -0.4 is 10.9 Å². The molecule has 0 aromatic carbocycles. The van der Waals surface area contributed by atoms with Gasteiger partial charge in [-0.3, -0.25) is 10.9 Å². The van der Waals surface area contributed by atoms with Gasteiger partial charge in [-0.05, 0) is 36.5 Å². The molecule has 0 bridgehead atoms. The Kier molecular flexibility index (Phi) is 6.35. The van der Waals surface area contributed by atoms with Crippen molar-refractivity contribution in [3.63, 3.8) is 0 Å². The molecule has 2 unspecified atom stereocenters. The lowest BCUT2D eigenvalue weighted by atomic mass is 9.66. The molecule has 0 radical (unpaired) electrons. The third kappa shape index (κ3) is 4.46. The fourth-order valence-corrected chi connectivity index (χ4v) is 4.21. The lowest BCUT2D eigenvalue weighted by Crippen LogP contribution is -2.55. The maximum absolute atomic E-state index is 3.51. The summed E-state index contributed by atoms with van der Waals surface area (Å²) in [5, 5.41) is 0. The lowest BCUT2D eigenvalue weighted by molar-refractivity contribution is 0.0780. The Balaban J connectivity index is 1.97. The molecule has 2 atom stereocenters. The zero-order valence-corrected chi connectivity index (χ0v) is 14.0. The van der Waals surface area contributed by atoms with Crippen molar-refractivity contribution in [2.24, 2.45) is 17.3 Å².